The Morgan fingerprint density at radius 3 is 1.96 bits per heavy atom. The summed E-state index contributed by atoms with van der Waals surface area (Å²) in [5.41, 5.74) is 2.55. The number of unbranched alkanes of at least 4 members (excludes halogenated alkanes) is 3. The van der Waals surface area contributed by atoms with Crippen LogP contribution in [0.25, 0.3) is 0 Å². The van der Waals surface area contributed by atoms with Gasteiger partial charge < -0.3 is 9.47 Å². The molecule has 2 heteroatoms. The Bertz CT molecular complexity index is 599. The molecule has 0 saturated heterocycles. The molecule has 0 aliphatic rings. The number of ether oxygens (including phenoxy) is 2. The highest BCUT2D eigenvalue weighted by Crippen LogP contribution is 2.40. The number of benzene rings is 2. The molecule has 1 unspecified atom stereocenters. The van der Waals surface area contributed by atoms with Crippen molar-refractivity contribution in [2.24, 2.45) is 0 Å². The standard InChI is InChI=1S/C22H30O2/c1-5-6-7-11-14-22(2,18-12-9-8-10-13-18)19-15-20(23-3)17-21(16-19)24-4/h8-10,12-13,15-17H,5-7,11,14H2,1-4H3. The van der Waals surface area contributed by atoms with Crippen molar-refractivity contribution in [2.45, 2.75) is 51.4 Å². The molecule has 0 radical (unpaired) electrons. The van der Waals surface area contributed by atoms with Gasteiger partial charge in [0.2, 0.25) is 0 Å². The van der Waals surface area contributed by atoms with E-state index in [0.717, 1.165) is 17.9 Å². The summed E-state index contributed by atoms with van der Waals surface area (Å²) in [6.07, 6.45) is 6.17. The summed E-state index contributed by atoms with van der Waals surface area (Å²) in [5.74, 6) is 1.69. The van der Waals surface area contributed by atoms with Crippen LogP contribution in [-0.4, -0.2) is 14.2 Å². The largest absolute Gasteiger partial charge is 0.497 e. The summed E-state index contributed by atoms with van der Waals surface area (Å²) in [6, 6.07) is 17.0. The fourth-order valence-electron chi connectivity index (χ4n) is 3.29. The first-order valence-corrected chi connectivity index (χ1v) is 8.93. The van der Waals surface area contributed by atoms with Crippen LogP contribution in [0, 0.1) is 0 Å². The van der Waals surface area contributed by atoms with Gasteiger partial charge in [0.25, 0.3) is 0 Å². The highest BCUT2D eigenvalue weighted by molar-refractivity contribution is 5.46. The van der Waals surface area contributed by atoms with E-state index in [1.165, 1.54) is 36.8 Å². The van der Waals surface area contributed by atoms with Crippen molar-refractivity contribution in [1.29, 1.82) is 0 Å². The topological polar surface area (TPSA) is 18.5 Å². The average Bonchev–Trinajstić information content (AvgIpc) is 2.65. The first-order chi connectivity index (χ1) is 11.6. The van der Waals surface area contributed by atoms with Crippen molar-refractivity contribution >= 4 is 0 Å². The molecule has 0 fully saturated rings. The van der Waals surface area contributed by atoms with Gasteiger partial charge in [0.15, 0.2) is 0 Å². The molecule has 0 aromatic heterocycles. The van der Waals surface area contributed by atoms with Gasteiger partial charge in [-0.05, 0) is 29.7 Å². The Morgan fingerprint density at radius 1 is 0.792 bits per heavy atom. The van der Waals surface area contributed by atoms with Gasteiger partial charge in [-0.3, -0.25) is 0 Å². The van der Waals surface area contributed by atoms with Crippen molar-refractivity contribution in [3.05, 3.63) is 59.7 Å². The molecule has 2 aromatic carbocycles. The van der Waals surface area contributed by atoms with Crippen LogP contribution in [-0.2, 0) is 5.41 Å². The molecule has 0 aliphatic heterocycles. The number of rotatable bonds is 9. The number of hydrogen-bond acceptors (Lipinski definition) is 2. The van der Waals surface area contributed by atoms with Crippen LogP contribution in [0.3, 0.4) is 0 Å². The molecule has 130 valence electrons. The highest BCUT2D eigenvalue weighted by Gasteiger charge is 2.29. The molecule has 2 rings (SSSR count). The van der Waals surface area contributed by atoms with Crippen LogP contribution in [0.15, 0.2) is 48.5 Å². The molecule has 0 saturated carbocycles. The van der Waals surface area contributed by atoms with E-state index in [-0.39, 0.29) is 5.41 Å². The third-order valence-electron chi connectivity index (χ3n) is 4.93. The van der Waals surface area contributed by atoms with E-state index in [4.69, 9.17) is 9.47 Å². The van der Waals surface area contributed by atoms with Crippen LogP contribution in [0.2, 0.25) is 0 Å². The second kappa shape index (κ2) is 8.77. The maximum atomic E-state index is 5.49. The van der Waals surface area contributed by atoms with Crippen molar-refractivity contribution < 1.29 is 9.47 Å². The predicted molar refractivity (Wildman–Crippen MR) is 101 cm³/mol. The molecular weight excluding hydrogens is 296 g/mol. The van der Waals surface area contributed by atoms with E-state index in [0.29, 0.717) is 0 Å². The first-order valence-electron chi connectivity index (χ1n) is 8.93. The number of methoxy groups -OCH3 is 2. The Balaban J connectivity index is 2.42. The van der Waals surface area contributed by atoms with Crippen molar-refractivity contribution in [1.82, 2.24) is 0 Å². The zero-order valence-corrected chi connectivity index (χ0v) is 15.5. The van der Waals surface area contributed by atoms with E-state index in [1.54, 1.807) is 14.2 Å². The Kier molecular flexibility index (Phi) is 6.72. The van der Waals surface area contributed by atoms with Gasteiger partial charge in [-0.25, -0.2) is 0 Å². The monoisotopic (exact) mass is 326 g/mol. The third-order valence-corrected chi connectivity index (χ3v) is 4.93. The summed E-state index contributed by atoms with van der Waals surface area (Å²) in [4.78, 5) is 0. The number of hydrogen-bond donors (Lipinski definition) is 0. The average molecular weight is 326 g/mol. The zero-order chi connectivity index (χ0) is 17.4. The molecule has 1 atom stereocenters. The Morgan fingerprint density at radius 2 is 1.42 bits per heavy atom. The summed E-state index contributed by atoms with van der Waals surface area (Å²) in [7, 11) is 3.42. The molecule has 2 aromatic rings. The second-order valence-corrected chi connectivity index (χ2v) is 6.61. The fourth-order valence-corrected chi connectivity index (χ4v) is 3.29. The lowest BCUT2D eigenvalue weighted by atomic mass is 9.72. The lowest BCUT2D eigenvalue weighted by molar-refractivity contribution is 0.389. The summed E-state index contributed by atoms with van der Waals surface area (Å²) < 4.78 is 11.0. The summed E-state index contributed by atoms with van der Waals surface area (Å²) in [5, 5.41) is 0. The Hall–Kier alpha value is -1.96. The van der Waals surface area contributed by atoms with Gasteiger partial charge in [-0.15, -0.1) is 0 Å². The van der Waals surface area contributed by atoms with E-state index >= 15 is 0 Å². The van der Waals surface area contributed by atoms with Gasteiger partial charge in [0.1, 0.15) is 11.5 Å². The molecule has 0 N–H and O–H groups in total. The van der Waals surface area contributed by atoms with Crippen LogP contribution < -0.4 is 9.47 Å². The van der Waals surface area contributed by atoms with Crippen molar-refractivity contribution in [2.75, 3.05) is 14.2 Å². The minimum absolute atomic E-state index is 0.0448. The van der Waals surface area contributed by atoms with Crippen molar-refractivity contribution in [3.8, 4) is 11.5 Å². The summed E-state index contributed by atoms with van der Waals surface area (Å²) in [6.45, 7) is 4.59. The smallest absolute Gasteiger partial charge is 0.122 e. The molecule has 2 nitrogen and oxygen atoms in total. The van der Waals surface area contributed by atoms with Crippen LogP contribution in [0.5, 0.6) is 11.5 Å². The highest BCUT2D eigenvalue weighted by atomic mass is 16.5. The minimum atomic E-state index is -0.0448. The van der Waals surface area contributed by atoms with E-state index in [2.05, 4.69) is 56.3 Å². The van der Waals surface area contributed by atoms with Gasteiger partial charge in [0.05, 0.1) is 14.2 Å². The van der Waals surface area contributed by atoms with E-state index in [9.17, 15) is 0 Å². The van der Waals surface area contributed by atoms with E-state index in [1.807, 2.05) is 6.07 Å². The van der Waals surface area contributed by atoms with Gasteiger partial charge in [-0.1, -0.05) is 69.9 Å². The normalized spacial score (nSPS) is 13.3. The first kappa shape index (κ1) is 18.4. The van der Waals surface area contributed by atoms with Crippen LogP contribution in [0.1, 0.15) is 57.1 Å². The maximum Gasteiger partial charge on any atom is 0.122 e. The van der Waals surface area contributed by atoms with Crippen LogP contribution >= 0.6 is 0 Å². The van der Waals surface area contributed by atoms with Crippen molar-refractivity contribution in [3.63, 3.8) is 0 Å². The fraction of sp³-hybridized carbons (Fsp3) is 0.455. The maximum absolute atomic E-state index is 5.49. The minimum Gasteiger partial charge on any atom is -0.497 e. The predicted octanol–water partition coefficient (Wildman–Crippen LogP) is 5.98. The van der Waals surface area contributed by atoms with Gasteiger partial charge in [0, 0.05) is 11.5 Å². The lowest BCUT2D eigenvalue weighted by Gasteiger charge is -2.32. The molecule has 0 spiro atoms. The molecular formula is C22H30O2. The van der Waals surface area contributed by atoms with Gasteiger partial charge >= 0.3 is 0 Å². The van der Waals surface area contributed by atoms with Crippen LogP contribution in [0.4, 0.5) is 0 Å². The molecule has 0 amide bonds. The molecule has 0 heterocycles. The SMILES string of the molecule is CCCCCCC(C)(c1ccccc1)c1cc(OC)cc(OC)c1. The molecule has 0 aliphatic carbocycles. The van der Waals surface area contributed by atoms with Gasteiger partial charge in [-0.2, -0.15) is 0 Å². The quantitative estimate of drug-likeness (QED) is 0.528. The molecule has 24 heavy (non-hydrogen) atoms. The third kappa shape index (κ3) is 4.31. The Labute approximate surface area is 146 Å². The van der Waals surface area contributed by atoms with E-state index < -0.39 is 0 Å². The molecule has 0 bridgehead atoms. The lowest BCUT2D eigenvalue weighted by Crippen LogP contribution is -2.24. The second-order valence-electron chi connectivity index (χ2n) is 6.61. The zero-order valence-electron chi connectivity index (χ0n) is 15.5. The summed E-state index contributed by atoms with van der Waals surface area (Å²) >= 11 is 0.